The van der Waals surface area contributed by atoms with Crippen molar-refractivity contribution in [3.8, 4) is 5.75 Å². The minimum absolute atomic E-state index is 0.122. The van der Waals surface area contributed by atoms with Gasteiger partial charge in [-0.1, -0.05) is 19.9 Å². The zero-order valence-electron chi connectivity index (χ0n) is 13.4. The lowest BCUT2D eigenvalue weighted by molar-refractivity contribution is -0.131. The van der Waals surface area contributed by atoms with Crippen molar-refractivity contribution in [3.63, 3.8) is 0 Å². The van der Waals surface area contributed by atoms with Gasteiger partial charge in [-0.2, -0.15) is 0 Å². The third-order valence-corrected chi connectivity index (χ3v) is 3.83. The molecule has 1 aromatic rings. The van der Waals surface area contributed by atoms with E-state index in [0.29, 0.717) is 12.5 Å². The predicted octanol–water partition coefficient (Wildman–Crippen LogP) is 3.05. The van der Waals surface area contributed by atoms with Gasteiger partial charge < -0.3 is 15.0 Å². The van der Waals surface area contributed by atoms with Gasteiger partial charge in [0, 0.05) is 20.6 Å². The van der Waals surface area contributed by atoms with Gasteiger partial charge in [0.05, 0.1) is 17.6 Å². The Morgan fingerprint density at radius 2 is 2.05 bits per heavy atom. The van der Waals surface area contributed by atoms with Gasteiger partial charge in [0.25, 0.3) is 0 Å². The summed E-state index contributed by atoms with van der Waals surface area (Å²) in [6, 6.07) is 5.79. The maximum atomic E-state index is 12.2. The van der Waals surface area contributed by atoms with E-state index in [1.807, 2.05) is 18.2 Å². The fourth-order valence-corrected chi connectivity index (χ4v) is 2.70. The van der Waals surface area contributed by atoms with Crippen LogP contribution in [0.2, 0.25) is 0 Å². The Hall–Kier alpha value is -1.07. The summed E-state index contributed by atoms with van der Waals surface area (Å²) < 4.78 is 6.14. The van der Waals surface area contributed by atoms with Crippen molar-refractivity contribution in [2.75, 3.05) is 21.2 Å². The van der Waals surface area contributed by atoms with Gasteiger partial charge in [0.15, 0.2) is 0 Å². The number of hydrogen-bond donors (Lipinski definition) is 1. The molecular formula is C16H25BrN2O2. The van der Waals surface area contributed by atoms with Crippen LogP contribution in [-0.4, -0.2) is 38.1 Å². The number of benzene rings is 1. The lowest BCUT2D eigenvalue weighted by atomic mass is 10.0. The molecule has 0 aliphatic heterocycles. The summed E-state index contributed by atoms with van der Waals surface area (Å²) in [6.07, 6.45) is 0.828. The Bertz CT molecular complexity index is 475. The highest BCUT2D eigenvalue weighted by molar-refractivity contribution is 9.10. The van der Waals surface area contributed by atoms with Crippen molar-refractivity contribution in [2.24, 2.45) is 5.92 Å². The van der Waals surface area contributed by atoms with E-state index in [1.54, 1.807) is 26.1 Å². The SMILES string of the molecule is COc1ccc(CNC(CC(C)C)C(=O)N(C)C)cc1Br. The molecule has 0 aliphatic rings. The van der Waals surface area contributed by atoms with Crippen molar-refractivity contribution < 1.29 is 9.53 Å². The molecule has 5 heteroatoms. The number of rotatable bonds is 7. The van der Waals surface area contributed by atoms with Gasteiger partial charge in [-0.3, -0.25) is 4.79 Å². The molecule has 0 aliphatic carbocycles. The molecule has 0 heterocycles. The van der Waals surface area contributed by atoms with E-state index in [-0.39, 0.29) is 11.9 Å². The minimum Gasteiger partial charge on any atom is -0.496 e. The molecule has 1 atom stereocenters. The Balaban J connectivity index is 2.72. The highest BCUT2D eigenvalue weighted by Crippen LogP contribution is 2.25. The molecule has 1 aromatic carbocycles. The van der Waals surface area contributed by atoms with E-state index in [2.05, 4.69) is 35.1 Å². The molecule has 1 rings (SSSR count). The molecule has 0 saturated carbocycles. The largest absolute Gasteiger partial charge is 0.496 e. The van der Waals surface area contributed by atoms with E-state index < -0.39 is 0 Å². The second kappa shape index (κ2) is 8.39. The quantitative estimate of drug-likeness (QED) is 0.816. The van der Waals surface area contributed by atoms with Crippen LogP contribution in [0.25, 0.3) is 0 Å². The minimum atomic E-state index is -0.152. The summed E-state index contributed by atoms with van der Waals surface area (Å²) in [4.78, 5) is 13.8. The van der Waals surface area contributed by atoms with Crippen LogP contribution in [0.4, 0.5) is 0 Å². The number of likely N-dealkylation sites (N-methyl/N-ethyl adjacent to an activating group) is 1. The Morgan fingerprint density at radius 3 is 2.52 bits per heavy atom. The van der Waals surface area contributed by atoms with Crippen LogP contribution < -0.4 is 10.1 Å². The second-order valence-corrected chi connectivity index (χ2v) is 6.62. The lowest BCUT2D eigenvalue weighted by Gasteiger charge is -2.23. The monoisotopic (exact) mass is 356 g/mol. The number of carbonyl (C=O) groups excluding carboxylic acids is 1. The summed E-state index contributed by atoms with van der Waals surface area (Å²) in [5.41, 5.74) is 1.11. The van der Waals surface area contributed by atoms with E-state index in [0.717, 1.165) is 22.2 Å². The fourth-order valence-electron chi connectivity index (χ4n) is 2.12. The average molecular weight is 357 g/mol. The maximum absolute atomic E-state index is 12.2. The summed E-state index contributed by atoms with van der Waals surface area (Å²) >= 11 is 3.48. The van der Waals surface area contributed by atoms with Gasteiger partial charge in [0.1, 0.15) is 5.75 Å². The third kappa shape index (κ3) is 5.67. The average Bonchev–Trinajstić information content (AvgIpc) is 2.42. The first-order valence-electron chi connectivity index (χ1n) is 7.12. The number of amides is 1. The summed E-state index contributed by atoms with van der Waals surface area (Å²) in [5.74, 6) is 1.40. The van der Waals surface area contributed by atoms with Crippen molar-refractivity contribution in [1.29, 1.82) is 0 Å². The van der Waals surface area contributed by atoms with Crippen LogP contribution in [-0.2, 0) is 11.3 Å². The molecule has 118 valence electrons. The van der Waals surface area contributed by atoms with Gasteiger partial charge in [-0.25, -0.2) is 0 Å². The normalized spacial score (nSPS) is 12.3. The van der Waals surface area contributed by atoms with Crippen molar-refractivity contribution in [2.45, 2.75) is 32.9 Å². The number of methoxy groups -OCH3 is 1. The summed E-state index contributed by atoms with van der Waals surface area (Å²) in [5, 5.41) is 3.36. The van der Waals surface area contributed by atoms with Gasteiger partial charge in [-0.15, -0.1) is 0 Å². The molecule has 1 N–H and O–H groups in total. The van der Waals surface area contributed by atoms with Crippen LogP contribution >= 0.6 is 15.9 Å². The van der Waals surface area contributed by atoms with Crippen LogP contribution in [0.1, 0.15) is 25.8 Å². The number of nitrogens with one attached hydrogen (secondary N) is 1. The van der Waals surface area contributed by atoms with Gasteiger partial charge >= 0.3 is 0 Å². The zero-order chi connectivity index (χ0) is 16.0. The fraction of sp³-hybridized carbons (Fsp3) is 0.562. The molecule has 0 radical (unpaired) electrons. The van der Waals surface area contributed by atoms with Crippen LogP contribution in [0.15, 0.2) is 22.7 Å². The molecule has 0 saturated heterocycles. The number of halogens is 1. The Kier molecular flexibility index (Phi) is 7.18. The number of nitrogens with zero attached hydrogens (tertiary/aromatic N) is 1. The van der Waals surface area contributed by atoms with Crippen LogP contribution in [0.5, 0.6) is 5.75 Å². The Morgan fingerprint density at radius 1 is 1.38 bits per heavy atom. The van der Waals surface area contributed by atoms with Crippen molar-refractivity contribution in [3.05, 3.63) is 28.2 Å². The standard InChI is InChI=1S/C16H25BrN2O2/c1-11(2)8-14(16(20)19(3)4)18-10-12-6-7-15(21-5)13(17)9-12/h6-7,9,11,14,18H,8,10H2,1-5H3. The topological polar surface area (TPSA) is 41.6 Å². The smallest absolute Gasteiger partial charge is 0.239 e. The van der Waals surface area contributed by atoms with Crippen LogP contribution in [0.3, 0.4) is 0 Å². The van der Waals surface area contributed by atoms with Gasteiger partial charge in [-0.05, 0) is 46.0 Å². The van der Waals surface area contributed by atoms with Crippen LogP contribution in [0, 0.1) is 5.92 Å². The molecule has 1 unspecified atom stereocenters. The zero-order valence-corrected chi connectivity index (χ0v) is 15.0. The van der Waals surface area contributed by atoms with E-state index in [4.69, 9.17) is 4.74 Å². The summed E-state index contributed by atoms with van der Waals surface area (Å²) in [7, 11) is 5.23. The first-order valence-corrected chi connectivity index (χ1v) is 7.91. The van der Waals surface area contributed by atoms with Crippen molar-refractivity contribution in [1.82, 2.24) is 10.2 Å². The summed E-state index contributed by atoms with van der Waals surface area (Å²) in [6.45, 7) is 4.91. The van der Waals surface area contributed by atoms with E-state index in [9.17, 15) is 4.79 Å². The third-order valence-electron chi connectivity index (χ3n) is 3.21. The molecule has 21 heavy (non-hydrogen) atoms. The van der Waals surface area contributed by atoms with E-state index in [1.165, 1.54) is 0 Å². The molecular weight excluding hydrogens is 332 g/mol. The molecule has 0 aromatic heterocycles. The van der Waals surface area contributed by atoms with Crippen molar-refractivity contribution >= 4 is 21.8 Å². The predicted molar refractivity (Wildman–Crippen MR) is 89.5 cm³/mol. The maximum Gasteiger partial charge on any atom is 0.239 e. The first-order chi connectivity index (χ1) is 9.85. The molecule has 0 spiro atoms. The van der Waals surface area contributed by atoms with Gasteiger partial charge in [0.2, 0.25) is 5.91 Å². The molecule has 0 bridgehead atoms. The number of hydrogen-bond acceptors (Lipinski definition) is 3. The second-order valence-electron chi connectivity index (χ2n) is 5.76. The number of carbonyl (C=O) groups is 1. The highest BCUT2D eigenvalue weighted by Gasteiger charge is 2.20. The molecule has 4 nitrogen and oxygen atoms in total. The highest BCUT2D eigenvalue weighted by atomic mass is 79.9. The Labute approximate surface area is 136 Å². The van der Waals surface area contributed by atoms with E-state index >= 15 is 0 Å². The first kappa shape index (κ1) is 18.0. The molecule has 0 fully saturated rings. The lowest BCUT2D eigenvalue weighted by Crippen LogP contribution is -2.44. The molecule has 1 amide bonds. The number of ether oxygens (including phenoxy) is 1.